The molecule has 1 amide bonds. The first-order chi connectivity index (χ1) is 15.7. The topological polar surface area (TPSA) is 134 Å². The molecule has 1 atom stereocenters. The number of benzene rings is 1. The van der Waals surface area contributed by atoms with Crippen LogP contribution >= 0.6 is 11.8 Å². The Hall–Kier alpha value is -3.08. The minimum absolute atomic E-state index is 0.0106. The van der Waals surface area contributed by atoms with E-state index >= 15 is 0 Å². The van der Waals surface area contributed by atoms with Crippen LogP contribution in [-0.4, -0.2) is 65.9 Å². The number of morpholine rings is 1. The van der Waals surface area contributed by atoms with E-state index in [1.807, 2.05) is 11.0 Å². The summed E-state index contributed by atoms with van der Waals surface area (Å²) in [7, 11) is 0. The molecule has 0 spiro atoms. The van der Waals surface area contributed by atoms with Gasteiger partial charge in [-0.25, -0.2) is 4.98 Å². The van der Waals surface area contributed by atoms with Gasteiger partial charge in [0.25, 0.3) is 0 Å². The number of nitrogens with two attached hydrogens (primary N) is 2. The number of carbonyl (C=O) groups is 1. The molecule has 176 valence electrons. The van der Waals surface area contributed by atoms with Crippen molar-refractivity contribution in [3.05, 3.63) is 35.4 Å². The molecule has 3 rings (SSSR count). The van der Waals surface area contributed by atoms with Gasteiger partial charge in [0.2, 0.25) is 11.9 Å². The summed E-state index contributed by atoms with van der Waals surface area (Å²) < 4.78 is 45.7. The highest BCUT2D eigenvalue weighted by Crippen LogP contribution is 2.37. The van der Waals surface area contributed by atoms with Gasteiger partial charge in [-0.1, -0.05) is 6.07 Å². The van der Waals surface area contributed by atoms with Crippen molar-refractivity contribution in [3.63, 3.8) is 0 Å². The van der Waals surface area contributed by atoms with Crippen molar-refractivity contribution in [3.8, 4) is 6.07 Å². The van der Waals surface area contributed by atoms with Crippen LogP contribution in [-0.2, 0) is 15.7 Å². The van der Waals surface area contributed by atoms with Gasteiger partial charge in [-0.2, -0.15) is 23.4 Å². The second-order valence-electron chi connectivity index (χ2n) is 7.15. The van der Waals surface area contributed by atoms with Gasteiger partial charge in [0.1, 0.15) is 22.7 Å². The van der Waals surface area contributed by atoms with E-state index in [1.165, 1.54) is 17.0 Å². The number of rotatable bonds is 7. The van der Waals surface area contributed by atoms with Gasteiger partial charge in [0.15, 0.2) is 5.82 Å². The summed E-state index contributed by atoms with van der Waals surface area (Å²) >= 11 is 1.12. The number of nitrogen functional groups attached to an aromatic ring is 1. The molecule has 0 bridgehead atoms. The Morgan fingerprint density at radius 1 is 1.36 bits per heavy atom. The van der Waals surface area contributed by atoms with Gasteiger partial charge in [-0.05, 0) is 24.5 Å². The van der Waals surface area contributed by atoms with Gasteiger partial charge in [0.05, 0.1) is 18.8 Å². The van der Waals surface area contributed by atoms with E-state index < -0.39 is 23.7 Å². The van der Waals surface area contributed by atoms with Crippen molar-refractivity contribution >= 4 is 35.1 Å². The molecule has 0 saturated carbocycles. The average Bonchev–Trinajstić information content (AvgIpc) is 2.78. The van der Waals surface area contributed by atoms with Crippen molar-refractivity contribution in [2.45, 2.75) is 17.2 Å². The fourth-order valence-corrected chi connectivity index (χ4v) is 4.00. The smallest absolute Gasteiger partial charge is 0.379 e. The van der Waals surface area contributed by atoms with E-state index in [0.29, 0.717) is 26.3 Å². The number of hydrogen-bond acceptors (Lipinski definition) is 9. The summed E-state index contributed by atoms with van der Waals surface area (Å²) in [6.07, 6.45) is -2.96. The number of nitriles is 1. The molecule has 1 aromatic carbocycles. The van der Waals surface area contributed by atoms with Gasteiger partial charge >= 0.3 is 6.18 Å². The molecule has 1 saturated heterocycles. The zero-order valence-electron chi connectivity index (χ0n) is 17.7. The second-order valence-corrected chi connectivity index (χ2v) is 7.95. The minimum atomic E-state index is -4.62. The van der Waals surface area contributed by atoms with Crippen LogP contribution in [0.4, 0.5) is 30.6 Å². The number of thioether (sulfide) groups is 1. The first kappa shape index (κ1) is 24.6. The maximum Gasteiger partial charge on any atom is 0.416 e. The van der Waals surface area contributed by atoms with Crippen LogP contribution in [0.2, 0.25) is 0 Å². The largest absolute Gasteiger partial charge is 0.416 e. The van der Waals surface area contributed by atoms with Gasteiger partial charge < -0.3 is 21.1 Å². The Morgan fingerprint density at radius 3 is 2.64 bits per heavy atom. The van der Waals surface area contributed by atoms with Crippen LogP contribution in [0.3, 0.4) is 0 Å². The molecule has 33 heavy (non-hydrogen) atoms. The lowest BCUT2D eigenvalue weighted by Gasteiger charge is -2.36. The van der Waals surface area contributed by atoms with E-state index in [4.69, 9.17) is 16.2 Å². The third-order valence-electron chi connectivity index (χ3n) is 5.03. The second kappa shape index (κ2) is 10.2. The summed E-state index contributed by atoms with van der Waals surface area (Å²) in [6, 6.07) is 5.23. The molecule has 0 radical (unpaired) electrons. The number of anilines is 3. The number of aromatic nitrogens is 2. The molecular weight excluding hydrogens is 459 g/mol. The third kappa shape index (κ3) is 5.65. The molecule has 2 heterocycles. The summed E-state index contributed by atoms with van der Waals surface area (Å²) in [6.45, 7) is 1.98. The van der Waals surface area contributed by atoms with E-state index in [2.05, 4.69) is 9.97 Å². The van der Waals surface area contributed by atoms with Gasteiger partial charge in [0, 0.05) is 25.3 Å². The quantitative estimate of drug-likeness (QED) is 0.450. The number of carbonyl (C=O) groups excluding carboxylic acids is 1. The van der Waals surface area contributed by atoms with Crippen molar-refractivity contribution in [2.24, 2.45) is 5.73 Å². The Balaban J connectivity index is 2.22. The maximum atomic E-state index is 13.5. The van der Waals surface area contributed by atoms with Crippen molar-refractivity contribution in [1.82, 2.24) is 14.9 Å². The Kier molecular flexibility index (Phi) is 7.62. The minimum Gasteiger partial charge on any atom is -0.379 e. The van der Waals surface area contributed by atoms with Crippen molar-refractivity contribution in [1.29, 1.82) is 5.26 Å². The number of halogens is 3. The van der Waals surface area contributed by atoms with Crippen molar-refractivity contribution in [2.75, 3.05) is 49.7 Å². The first-order valence-electron chi connectivity index (χ1n) is 9.83. The lowest BCUT2D eigenvalue weighted by atomic mass is 10.1. The molecule has 1 aliphatic rings. The number of nitrogens with zero attached hydrogens (tertiary/aromatic N) is 5. The Labute approximate surface area is 192 Å². The molecule has 1 aromatic heterocycles. The summed E-state index contributed by atoms with van der Waals surface area (Å²) in [5.41, 5.74) is 10.6. The van der Waals surface area contributed by atoms with E-state index in [0.717, 1.165) is 23.9 Å². The third-order valence-corrected chi connectivity index (χ3v) is 5.72. The number of alkyl halides is 3. The van der Waals surface area contributed by atoms with E-state index in [1.54, 1.807) is 6.26 Å². The van der Waals surface area contributed by atoms with Crippen molar-refractivity contribution < 1.29 is 22.7 Å². The molecule has 2 aromatic rings. The maximum absolute atomic E-state index is 13.5. The molecule has 1 aliphatic heterocycles. The Bertz CT molecular complexity index is 1050. The zero-order chi connectivity index (χ0) is 24.2. The Morgan fingerprint density at radius 2 is 2.06 bits per heavy atom. The predicted molar refractivity (Wildman–Crippen MR) is 117 cm³/mol. The molecule has 9 nitrogen and oxygen atoms in total. The highest BCUT2D eigenvalue weighted by Gasteiger charge is 2.35. The standard InChI is InChI=1S/C20H22F3N7O2S/c1-33-18-14(10-24)17(27-19(26)28-18)30(13-4-2-3-12(9-13)20(21,22)23)15(16(25)31)11-29-5-7-32-8-6-29/h2-4,9,15H,5-8,11H2,1H3,(H2,25,31)(H2,26,27,28)/t15-/m0/s1. The summed E-state index contributed by atoms with van der Waals surface area (Å²) in [5.74, 6) is -1.09. The molecule has 0 unspecified atom stereocenters. The lowest BCUT2D eigenvalue weighted by Crippen LogP contribution is -2.52. The molecule has 13 heteroatoms. The van der Waals surface area contributed by atoms with E-state index in [-0.39, 0.29) is 34.6 Å². The monoisotopic (exact) mass is 481 g/mol. The lowest BCUT2D eigenvalue weighted by molar-refractivity contribution is -0.137. The van der Waals surface area contributed by atoms with Gasteiger partial charge in [-0.15, -0.1) is 11.8 Å². The average molecular weight is 482 g/mol. The van der Waals surface area contributed by atoms with Crippen LogP contribution in [0.1, 0.15) is 11.1 Å². The van der Waals surface area contributed by atoms with E-state index in [9.17, 15) is 23.2 Å². The molecule has 1 fully saturated rings. The number of primary amides is 1. The van der Waals surface area contributed by atoms with Crippen LogP contribution < -0.4 is 16.4 Å². The highest BCUT2D eigenvalue weighted by molar-refractivity contribution is 7.98. The SMILES string of the molecule is CSc1nc(N)nc(N(c2cccc(C(F)(F)F)c2)[C@@H](CN2CCOCC2)C(N)=O)c1C#N. The molecule has 4 N–H and O–H groups in total. The normalized spacial score (nSPS) is 15.6. The van der Waals surface area contributed by atoms with Crippen LogP contribution in [0.25, 0.3) is 0 Å². The number of ether oxygens (including phenoxy) is 1. The number of amides is 1. The highest BCUT2D eigenvalue weighted by atomic mass is 32.2. The van der Waals surface area contributed by atoms with Crippen LogP contribution in [0, 0.1) is 11.3 Å². The number of hydrogen-bond donors (Lipinski definition) is 2. The fourth-order valence-electron chi connectivity index (χ4n) is 3.47. The molecule has 0 aliphatic carbocycles. The summed E-state index contributed by atoms with van der Waals surface area (Å²) in [4.78, 5) is 23.9. The first-order valence-corrected chi connectivity index (χ1v) is 11.1. The molecular formula is C20H22F3N7O2S. The van der Waals surface area contributed by atoms with Gasteiger partial charge in [-0.3, -0.25) is 9.69 Å². The fraction of sp³-hybridized carbons (Fsp3) is 0.400. The summed E-state index contributed by atoms with van der Waals surface area (Å²) in [5, 5.41) is 10.0. The zero-order valence-corrected chi connectivity index (χ0v) is 18.5. The van der Waals surface area contributed by atoms with Crippen LogP contribution in [0.15, 0.2) is 29.3 Å². The predicted octanol–water partition coefficient (Wildman–Crippen LogP) is 2.00. The van der Waals surface area contributed by atoms with Crippen LogP contribution in [0.5, 0.6) is 0 Å².